The molecule has 0 atom stereocenters. The Kier molecular flexibility index (Phi) is 23.1. The van der Waals surface area contributed by atoms with Gasteiger partial charge in [0.2, 0.25) is 34.8 Å². The third kappa shape index (κ3) is 17.8. The maximum absolute atomic E-state index is 13.5. The topological polar surface area (TPSA) is 109 Å². The van der Waals surface area contributed by atoms with E-state index in [1.807, 2.05) is 0 Å². The first-order valence-corrected chi connectivity index (χ1v) is 13.2. The van der Waals surface area contributed by atoms with Crippen LogP contribution in [0, 0.1) is 29.1 Å². The van der Waals surface area contributed by atoms with Gasteiger partial charge in [0, 0.05) is 7.11 Å². The Bertz CT molecular complexity index is 822. The van der Waals surface area contributed by atoms with E-state index in [1.165, 1.54) is 0 Å². The van der Waals surface area contributed by atoms with E-state index in [1.54, 1.807) is 7.11 Å². The molecule has 0 aliphatic carbocycles. The maximum Gasteiger partial charge on any atom is 0.313 e. The molecule has 0 saturated heterocycles. The number of hydrogen-bond acceptors (Lipinski definition) is 11. The summed E-state index contributed by atoms with van der Waals surface area (Å²) in [7, 11) is 1.62. The first-order chi connectivity index (χ1) is 20.4. The molecule has 1 rings (SSSR count). The highest BCUT2D eigenvalue weighted by Crippen LogP contribution is 2.29. The SMILES string of the molecule is COCCOCCOCCOCCOCCOCCOCCOCCOCCC(=O)Oc1c(F)c(F)c(F)c(F)c1F. The fourth-order valence-electron chi connectivity index (χ4n) is 2.78. The Morgan fingerprint density at radius 2 is 0.690 bits per heavy atom. The van der Waals surface area contributed by atoms with Crippen molar-refractivity contribution in [1.29, 1.82) is 0 Å². The molecule has 0 unspecified atom stereocenters. The quantitative estimate of drug-likeness (QED) is 0.0344. The van der Waals surface area contributed by atoms with Crippen LogP contribution in [0.4, 0.5) is 22.0 Å². The van der Waals surface area contributed by atoms with Crippen LogP contribution in [-0.2, 0) is 47.4 Å². The van der Waals surface area contributed by atoms with Crippen molar-refractivity contribution in [3.05, 3.63) is 29.1 Å². The molecule has 0 saturated carbocycles. The van der Waals surface area contributed by atoms with E-state index < -0.39 is 47.2 Å². The zero-order valence-corrected chi connectivity index (χ0v) is 23.6. The second kappa shape index (κ2) is 25.5. The molecule has 1 aromatic rings. The predicted octanol–water partition coefficient (Wildman–Crippen LogP) is 2.46. The lowest BCUT2D eigenvalue weighted by atomic mass is 10.2. The van der Waals surface area contributed by atoms with E-state index in [4.69, 9.17) is 42.6 Å². The molecular formula is C26H39F5O11. The first-order valence-electron chi connectivity index (χ1n) is 13.2. The van der Waals surface area contributed by atoms with Gasteiger partial charge in [0.25, 0.3) is 0 Å². The summed E-state index contributed by atoms with van der Waals surface area (Å²) in [6.07, 6.45) is -0.482. The van der Waals surface area contributed by atoms with E-state index in [2.05, 4.69) is 4.74 Å². The number of ether oxygens (including phenoxy) is 10. The van der Waals surface area contributed by atoms with Crippen LogP contribution in [0.1, 0.15) is 6.42 Å². The van der Waals surface area contributed by atoms with E-state index in [0.29, 0.717) is 85.9 Å². The third-order valence-corrected chi connectivity index (χ3v) is 4.87. The number of benzene rings is 1. The summed E-state index contributed by atoms with van der Waals surface area (Å²) in [5.41, 5.74) is 0. The van der Waals surface area contributed by atoms with E-state index in [9.17, 15) is 26.7 Å². The number of rotatable bonds is 28. The Balaban J connectivity index is 1.82. The number of carbonyl (C=O) groups excluding carboxylic acids is 1. The fraction of sp³-hybridized carbons (Fsp3) is 0.731. The van der Waals surface area contributed by atoms with Crippen molar-refractivity contribution in [1.82, 2.24) is 0 Å². The van der Waals surface area contributed by atoms with Gasteiger partial charge >= 0.3 is 5.97 Å². The molecule has 0 heterocycles. The summed E-state index contributed by atoms with van der Waals surface area (Å²) in [6, 6.07) is 0. The monoisotopic (exact) mass is 622 g/mol. The Hall–Kier alpha value is -2.02. The summed E-state index contributed by atoms with van der Waals surface area (Å²) in [4.78, 5) is 11.6. The highest BCUT2D eigenvalue weighted by molar-refractivity contribution is 5.72. The summed E-state index contributed by atoms with van der Waals surface area (Å²) in [6.45, 7) is 6.23. The summed E-state index contributed by atoms with van der Waals surface area (Å²) >= 11 is 0. The standard InChI is InChI=1S/C26H39F5O11/c1-33-4-5-35-8-9-37-12-13-39-16-17-41-19-18-40-15-14-38-11-10-36-7-6-34-3-2-20(32)42-26-24(30)22(28)21(27)23(29)25(26)31/h2-19H2,1H3. The van der Waals surface area contributed by atoms with Crippen molar-refractivity contribution in [2.75, 3.05) is 119 Å². The van der Waals surface area contributed by atoms with Gasteiger partial charge < -0.3 is 47.4 Å². The average molecular weight is 623 g/mol. The van der Waals surface area contributed by atoms with Crippen LogP contribution in [0.15, 0.2) is 0 Å². The van der Waals surface area contributed by atoms with Crippen LogP contribution in [0.2, 0.25) is 0 Å². The highest BCUT2D eigenvalue weighted by Gasteiger charge is 2.28. The van der Waals surface area contributed by atoms with Gasteiger partial charge in [-0.3, -0.25) is 4.79 Å². The predicted molar refractivity (Wildman–Crippen MR) is 135 cm³/mol. The van der Waals surface area contributed by atoms with Crippen molar-refractivity contribution in [2.24, 2.45) is 0 Å². The molecule has 0 amide bonds. The Labute approximate surface area is 241 Å². The summed E-state index contributed by atoms with van der Waals surface area (Å²) < 4.78 is 118. The molecule has 42 heavy (non-hydrogen) atoms. The second-order valence-corrected chi connectivity index (χ2v) is 8.01. The minimum Gasteiger partial charge on any atom is -0.420 e. The summed E-state index contributed by atoms with van der Waals surface area (Å²) in [5, 5.41) is 0. The van der Waals surface area contributed by atoms with Gasteiger partial charge in [0.15, 0.2) is 0 Å². The molecule has 0 aromatic heterocycles. The van der Waals surface area contributed by atoms with Gasteiger partial charge in [0.1, 0.15) is 0 Å². The smallest absolute Gasteiger partial charge is 0.313 e. The van der Waals surface area contributed by atoms with Crippen LogP contribution >= 0.6 is 0 Å². The molecule has 11 nitrogen and oxygen atoms in total. The molecule has 0 aliphatic rings. The lowest BCUT2D eigenvalue weighted by Gasteiger charge is -2.09. The van der Waals surface area contributed by atoms with Crippen molar-refractivity contribution < 1.29 is 74.1 Å². The number of methoxy groups -OCH3 is 1. The lowest BCUT2D eigenvalue weighted by molar-refractivity contribution is -0.136. The van der Waals surface area contributed by atoms with Crippen molar-refractivity contribution >= 4 is 5.97 Å². The van der Waals surface area contributed by atoms with Gasteiger partial charge in [-0.1, -0.05) is 0 Å². The van der Waals surface area contributed by atoms with E-state index in [-0.39, 0.29) is 26.4 Å². The van der Waals surface area contributed by atoms with Gasteiger partial charge in [-0.2, -0.15) is 8.78 Å². The average Bonchev–Trinajstić information content (AvgIpc) is 2.99. The molecule has 244 valence electrons. The van der Waals surface area contributed by atoms with E-state index >= 15 is 0 Å². The van der Waals surface area contributed by atoms with Crippen molar-refractivity contribution in [2.45, 2.75) is 6.42 Å². The Morgan fingerprint density at radius 1 is 0.429 bits per heavy atom. The highest BCUT2D eigenvalue weighted by atomic mass is 19.2. The number of hydrogen-bond donors (Lipinski definition) is 0. The van der Waals surface area contributed by atoms with Crippen LogP contribution < -0.4 is 4.74 Å². The normalized spacial score (nSPS) is 11.4. The van der Waals surface area contributed by atoms with Crippen molar-refractivity contribution in [3.63, 3.8) is 0 Å². The second-order valence-electron chi connectivity index (χ2n) is 8.01. The molecule has 0 bridgehead atoms. The molecule has 0 radical (unpaired) electrons. The van der Waals surface area contributed by atoms with Gasteiger partial charge in [-0.15, -0.1) is 0 Å². The molecule has 0 N–H and O–H groups in total. The maximum atomic E-state index is 13.5. The third-order valence-electron chi connectivity index (χ3n) is 4.87. The molecule has 0 fully saturated rings. The Morgan fingerprint density at radius 3 is 1.00 bits per heavy atom. The van der Waals surface area contributed by atoms with Gasteiger partial charge in [-0.05, 0) is 0 Å². The molecular weight excluding hydrogens is 583 g/mol. The minimum atomic E-state index is -2.35. The number of halogens is 5. The van der Waals surface area contributed by atoms with Crippen LogP contribution in [-0.4, -0.2) is 125 Å². The lowest BCUT2D eigenvalue weighted by Crippen LogP contribution is -2.16. The van der Waals surface area contributed by atoms with Gasteiger partial charge in [-0.25, -0.2) is 13.2 Å². The molecule has 1 aromatic carbocycles. The van der Waals surface area contributed by atoms with E-state index in [0.717, 1.165) is 0 Å². The van der Waals surface area contributed by atoms with Crippen LogP contribution in [0.5, 0.6) is 5.75 Å². The number of carbonyl (C=O) groups is 1. The minimum absolute atomic E-state index is 0.0862. The molecule has 0 spiro atoms. The molecule has 0 aliphatic heterocycles. The van der Waals surface area contributed by atoms with Crippen LogP contribution in [0.25, 0.3) is 0 Å². The summed E-state index contributed by atoms with van der Waals surface area (Å²) in [5.74, 6) is -14.1. The number of esters is 1. The molecule has 16 heteroatoms. The van der Waals surface area contributed by atoms with Gasteiger partial charge in [0.05, 0.1) is 119 Å². The zero-order chi connectivity index (χ0) is 30.8. The zero-order valence-electron chi connectivity index (χ0n) is 23.6. The fourth-order valence-corrected chi connectivity index (χ4v) is 2.78. The van der Waals surface area contributed by atoms with Crippen LogP contribution in [0.3, 0.4) is 0 Å². The largest absolute Gasteiger partial charge is 0.420 e. The first kappa shape index (κ1) is 38.0. The van der Waals surface area contributed by atoms with Crippen molar-refractivity contribution in [3.8, 4) is 5.75 Å².